The Labute approximate surface area is 240 Å². The Morgan fingerprint density at radius 2 is 1.43 bits per heavy atom. The van der Waals surface area contributed by atoms with Crippen molar-refractivity contribution in [1.29, 1.82) is 0 Å². The lowest BCUT2D eigenvalue weighted by Gasteiger charge is -2.40. The lowest BCUT2D eigenvalue weighted by Crippen LogP contribution is -2.45. The lowest BCUT2D eigenvalue weighted by atomic mass is 9.84. The molecule has 2 heterocycles. The van der Waals surface area contributed by atoms with Crippen LogP contribution < -0.4 is 4.90 Å². The molecule has 1 aliphatic heterocycles. The topological polar surface area (TPSA) is 34.6 Å². The van der Waals surface area contributed by atoms with Crippen LogP contribution in [0.2, 0.25) is 0 Å². The Morgan fingerprint density at radius 1 is 0.775 bits per heavy atom. The number of rotatable bonds is 14. The Kier molecular flexibility index (Phi) is 9.64. The van der Waals surface area contributed by atoms with Crippen LogP contribution in [-0.4, -0.2) is 31.4 Å². The minimum absolute atomic E-state index is 0.296. The summed E-state index contributed by atoms with van der Waals surface area (Å²) in [7, 11) is 0. The van der Waals surface area contributed by atoms with Gasteiger partial charge < -0.3 is 14.4 Å². The molecule has 208 valence electrons. The summed E-state index contributed by atoms with van der Waals surface area (Å²) in [4.78, 5) is 6.82. The molecule has 0 amide bonds. The molecule has 1 aromatic heterocycles. The zero-order valence-electron chi connectivity index (χ0n) is 24.0. The van der Waals surface area contributed by atoms with Gasteiger partial charge in [0.05, 0.1) is 25.5 Å². The quantitative estimate of drug-likeness (QED) is 0.151. The molecule has 0 atom stereocenters. The molecular weight excluding hydrogens is 492 g/mol. The number of pyridine rings is 1. The van der Waals surface area contributed by atoms with Gasteiger partial charge in [-0.25, -0.2) is 0 Å². The van der Waals surface area contributed by atoms with Crippen LogP contribution in [0, 0.1) is 12.3 Å². The molecule has 40 heavy (non-hydrogen) atoms. The van der Waals surface area contributed by atoms with E-state index in [-0.39, 0.29) is 0 Å². The number of nitrogens with zero attached hydrogens (tertiary/aromatic N) is 2. The number of unbranched alkanes of at least 4 members (excludes halogenated alkanes) is 3. The van der Waals surface area contributed by atoms with Crippen LogP contribution >= 0.6 is 0 Å². The van der Waals surface area contributed by atoms with Gasteiger partial charge in [-0.2, -0.15) is 0 Å². The third-order valence-corrected chi connectivity index (χ3v) is 8.05. The van der Waals surface area contributed by atoms with Crippen LogP contribution in [0.5, 0.6) is 0 Å². The van der Waals surface area contributed by atoms with Gasteiger partial charge in [0.25, 0.3) is 0 Å². The molecule has 4 aromatic rings. The van der Waals surface area contributed by atoms with Gasteiger partial charge in [-0.1, -0.05) is 67.8 Å². The molecule has 1 fully saturated rings. The van der Waals surface area contributed by atoms with Crippen molar-refractivity contribution in [2.45, 2.75) is 52.4 Å². The summed E-state index contributed by atoms with van der Waals surface area (Å²) < 4.78 is 11.3. The smallest absolute Gasteiger partial charge is 0.0701 e. The minimum atomic E-state index is 0.296. The molecule has 3 aromatic carbocycles. The predicted octanol–water partition coefficient (Wildman–Crippen LogP) is 9.07. The number of hydrogen-bond acceptors (Lipinski definition) is 4. The summed E-state index contributed by atoms with van der Waals surface area (Å²) in [6.07, 6.45) is 8.92. The fraction of sp³-hybridized carbons (Fsp3) is 0.361. The summed E-state index contributed by atoms with van der Waals surface area (Å²) in [6, 6.07) is 32.5. The maximum Gasteiger partial charge on any atom is 0.0701 e. The van der Waals surface area contributed by atoms with Crippen LogP contribution in [0.1, 0.15) is 50.2 Å². The molecular formula is C36H42N2O2. The number of benzene rings is 3. The Hall–Kier alpha value is -3.47. The maximum absolute atomic E-state index is 5.95. The summed E-state index contributed by atoms with van der Waals surface area (Å²) >= 11 is 0. The van der Waals surface area contributed by atoms with Gasteiger partial charge in [0.2, 0.25) is 0 Å². The molecule has 0 saturated carbocycles. The van der Waals surface area contributed by atoms with Crippen molar-refractivity contribution in [2.24, 2.45) is 5.41 Å². The molecule has 5 rings (SSSR count). The molecule has 0 radical (unpaired) electrons. The van der Waals surface area contributed by atoms with Crippen molar-refractivity contribution in [3.05, 3.63) is 108 Å². The van der Waals surface area contributed by atoms with Crippen LogP contribution in [-0.2, 0) is 15.9 Å². The van der Waals surface area contributed by atoms with E-state index in [1.165, 1.54) is 30.4 Å². The molecule has 4 heteroatoms. The zero-order valence-corrected chi connectivity index (χ0v) is 24.0. The maximum atomic E-state index is 5.95. The van der Waals surface area contributed by atoms with E-state index >= 15 is 0 Å². The molecule has 0 bridgehead atoms. The van der Waals surface area contributed by atoms with Gasteiger partial charge in [0, 0.05) is 40.8 Å². The molecule has 0 unspecified atom stereocenters. The van der Waals surface area contributed by atoms with E-state index in [4.69, 9.17) is 9.47 Å². The van der Waals surface area contributed by atoms with Crippen molar-refractivity contribution >= 4 is 17.1 Å². The van der Waals surface area contributed by atoms with E-state index in [1.807, 2.05) is 24.4 Å². The van der Waals surface area contributed by atoms with E-state index in [1.54, 1.807) is 0 Å². The first-order chi connectivity index (χ1) is 19.7. The van der Waals surface area contributed by atoms with Crippen molar-refractivity contribution < 1.29 is 9.47 Å². The SMILES string of the molecule is CCC1(COCCCCCCc2ccc(N(c3ccc(C)cc3)c3ccc(-c4ccccn4)cc3)cc2)COC1. The number of aromatic nitrogens is 1. The molecule has 1 aliphatic rings. The van der Waals surface area contributed by atoms with Crippen LogP contribution in [0.15, 0.2) is 97.2 Å². The van der Waals surface area contributed by atoms with Crippen molar-refractivity contribution in [3.63, 3.8) is 0 Å². The first kappa shape index (κ1) is 28.1. The first-order valence-electron chi connectivity index (χ1n) is 14.8. The fourth-order valence-corrected chi connectivity index (χ4v) is 5.22. The highest BCUT2D eigenvalue weighted by Gasteiger charge is 2.36. The second-order valence-electron chi connectivity index (χ2n) is 11.2. The summed E-state index contributed by atoms with van der Waals surface area (Å²) in [5.74, 6) is 0. The van der Waals surface area contributed by atoms with Gasteiger partial charge in [-0.05, 0) is 86.7 Å². The second kappa shape index (κ2) is 13.7. The fourth-order valence-electron chi connectivity index (χ4n) is 5.22. The number of hydrogen-bond donors (Lipinski definition) is 0. The van der Waals surface area contributed by atoms with Crippen LogP contribution in [0.4, 0.5) is 17.1 Å². The number of aryl methyl sites for hydroxylation is 2. The van der Waals surface area contributed by atoms with Crippen molar-refractivity contribution in [1.82, 2.24) is 4.98 Å². The highest BCUT2D eigenvalue weighted by molar-refractivity contribution is 5.78. The summed E-state index contributed by atoms with van der Waals surface area (Å²) in [6.45, 7) is 7.81. The van der Waals surface area contributed by atoms with Gasteiger partial charge in [-0.3, -0.25) is 4.98 Å². The molecule has 0 spiro atoms. The average molecular weight is 535 g/mol. The Balaban J connectivity index is 1.16. The van der Waals surface area contributed by atoms with E-state index in [9.17, 15) is 0 Å². The normalized spacial score (nSPS) is 14.1. The third-order valence-electron chi connectivity index (χ3n) is 8.05. The summed E-state index contributed by atoms with van der Waals surface area (Å²) in [5.41, 5.74) is 8.50. The minimum Gasteiger partial charge on any atom is -0.381 e. The largest absolute Gasteiger partial charge is 0.381 e. The van der Waals surface area contributed by atoms with E-state index in [0.29, 0.717) is 5.41 Å². The molecule has 0 N–H and O–H groups in total. The molecule has 4 nitrogen and oxygen atoms in total. The van der Waals surface area contributed by atoms with Crippen LogP contribution in [0.25, 0.3) is 11.3 Å². The average Bonchev–Trinajstić information content (AvgIpc) is 2.98. The summed E-state index contributed by atoms with van der Waals surface area (Å²) in [5, 5.41) is 0. The van der Waals surface area contributed by atoms with E-state index < -0.39 is 0 Å². The second-order valence-corrected chi connectivity index (χ2v) is 11.2. The molecule has 1 saturated heterocycles. The Morgan fingerprint density at radius 3 is 2.02 bits per heavy atom. The van der Waals surface area contributed by atoms with Gasteiger partial charge >= 0.3 is 0 Å². The van der Waals surface area contributed by atoms with Crippen LogP contribution in [0.3, 0.4) is 0 Å². The van der Waals surface area contributed by atoms with Gasteiger partial charge in [-0.15, -0.1) is 0 Å². The highest BCUT2D eigenvalue weighted by atomic mass is 16.5. The Bertz CT molecular complexity index is 1290. The third kappa shape index (κ3) is 7.18. The van der Waals surface area contributed by atoms with E-state index in [2.05, 4.69) is 96.5 Å². The number of anilines is 3. The van der Waals surface area contributed by atoms with E-state index in [0.717, 1.165) is 74.0 Å². The van der Waals surface area contributed by atoms with Crippen molar-refractivity contribution in [3.8, 4) is 11.3 Å². The number of ether oxygens (including phenoxy) is 2. The van der Waals surface area contributed by atoms with Gasteiger partial charge in [0.15, 0.2) is 0 Å². The molecule has 0 aliphatic carbocycles. The first-order valence-corrected chi connectivity index (χ1v) is 14.8. The predicted molar refractivity (Wildman–Crippen MR) is 166 cm³/mol. The highest BCUT2D eigenvalue weighted by Crippen LogP contribution is 2.36. The zero-order chi connectivity index (χ0) is 27.6. The standard InChI is InChI=1S/C36H42N2O2/c1-3-36(27-40-28-36)26-39-25-9-5-4-6-10-30-14-20-33(21-15-30)38(32-18-12-29(2)13-19-32)34-22-16-31(17-23-34)35-11-7-8-24-37-35/h7-8,11-24H,3-6,9-10,25-28H2,1-2H3. The lowest BCUT2D eigenvalue weighted by molar-refractivity contribution is -0.150. The van der Waals surface area contributed by atoms with Gasteiger partial charge in [0.1, 0.15) is 0 Å². The monoisotopic (exact) mass is 534 g/mol. The van der Waals surface area contributed by atoms with Crippen molar-refractivity contribution in [2.75, 3.05) is 31.3 Å².